The van der Waals surface area contributed by atoms with Gasteiger partial charge in [-0.2, -0.15) is 5.26 Å². The average Bonchev–Trinajstić information content (AvgIpc) is 2.46. The van der Waals surface area contributed by atoms with Gasteiger partial charge in [0.1, 0.15) is 6.10 Å². The van der Waals surface area contributed by atoms with E-state index in [1.54, 1.807) is 18.2 Å². The molecule has 0 saturated heterocycles. The van der Waals surface area contributed by atoms with Crippen molar-refractivity contribution in [3.8, 4) is 6.07 Å². The third kappa shape index (κ3) is 2.81. The molecule has 4 heteroatoms. The molecule has 0 spiro atoms. The Morgan fingerprint density at radius 3 is 2.65 bits per heavy atom. The van der Waals surface area contributed by atoms with E-state index in [-0.39, 0.29) is 0 Å². The lowest BCUT2D eigenvalue weighted by Crippen LogP contribution is -2.33. The van der Waals surface area contributed by atoms with Crippen LogP contribution in [-0.4, -0.2) is 5.11 Å². The van der Waals surface area contributed by atoms with Crippen LogP contribution in [0.3, 0.4) is 0 Å². The summed E-state index contributed by atoms with van der Waals surface area (Å²) in [6.45, 7) is 2.13. The van der Waals surface area contributed by atoms with Gasteiger partial charge in [0.2, 0.25) is 0 Å². The maximum Gasteiger partial charge on any atom is 0.100 e. The molecule has 1 fully saturated rings. The summed E-state index contributed by atoms with van der Waals surface area (Å²) in [6, 6.07) is 7.52. The second-order valence-corrected chi connectivity index (χ2v) is 6.49. The SMILES string of the molecule is CCC1CCCC(C#N)(C(O)c2c(Cl)cccc2Cl)C1. The minimum atomic E-state index is -0.928. The van der Waals surface area contributed by atoms with Gasteiger partial charge < -0.3 is 5.11 Å². The van der Waals surface area contributed by atoms with Gasteiger partial charge >= 0.3 is 0 Å². The van der Waals surface area contributed by atoms with E-state index in [0.717, 1.165) is 19.3 Å². The number of nitriles is 1. The fourth-order valence-electron chi connectivity index (χ4n) is 3.23. The van der Waals surface area contributed by atoms with Crippen molar-refractivity contribution < 1.29 is 5.11 Å². The molecule has 1 N–H and O–H groups in total. The molecule has 108 valence electrons. The average molecular weight is 312 g/mol. The minimum absolute atomic E-state index is 0.429. The van der Waals surface area contributed by atoms with Crippen LogP contribution in [0.2, 0.25) is 10.0 Å². The summed E-state index contributed by atoms with van der Waals surface area (Å²) in [5.41, 5.74) is -0.276. The first-order chi connectivity index (χ1) is 9.54. The number of aliphatic hydroxyl groups is 1. The Balaban J connectivity index is 2.39. The van der Waals surface area contributed by atoms with Crippen LogP contribution in [0.4, 0.5) is 0 Å². The highest BCUT2D eigenvalue weighted by atomic mass is 35.5. The first kappa shape index (κ1) is 15.6. The van der Waals surface area contributed by atoms with E-state index < -0.39 is 11.5 Å². The topological polar surface area (TPSA) is 44.0 Å². The third-order valence-electron chi connectivity index (χ3n) is 4.48. The Morgan fingerprint density at radius 2 is 2.10 bits per heavy atom. The highest BCUT2D eigenvalue weighted by Crippen LogP contribution is 2.50. The zero-order valence-corrected chi connectivity index (χ0v) is 13.1. The molecule has 0 aliphatic heterocycles. The Morgan fingerprint density at radius 1 is 1.45 bits per heavy atom. The molecule has 2 rings (SSSR count). The summed E-state index contributed by atoms with van der Waals surface area (Å²) < 4.78 is 0. The van der Waals surface area contributed by atoms with Gasteiger partial charge in [0.15, 0.2) is 0 Å². The predicted octanol–water partition coefficient (Wildman–Crippen LogP) is 5.14. The highest BCUT2D eigenvalue weighted by Gasteiger charge is 2.44. The summed E-state index contributed by atoms with van der Waals surface area (Å²) in [5.74, 6) is 0.485. The Hall–Kier alpha value is -0.750. The van der Waals surface area contributed by atoms with Crippen molar-refractivity contribution in [2.75, 3.05) is 0 Å². The number of hydrogen-bond acceptors (Lipinski definition) is 2. The molecule has 20 heavy (non-hydrogen) atoms. The van der Waals surface area contributed by atoms with Crippen molar-refractivity contribution in [2.45, 2.75) is 45.1 Å². The Kier molecular flexibility index (Phi) is 4.96. The molecule has 0 bridgehead atoms. The molecule has 1 aromatic carbocycles. The highest BCUT2D eigenvalue weighted by molar-refractivity contribution is 6.36. The normalized spacial score (nSPS) is 27.9. The second-order valence-electron chi connectivity index (χ2n) is 5.68. The zero-order valence-electron chi connectivity index (χ0n) is 11.6. The van der Waals surface area contributed by atoms with Gasteiger partial charge in [-0.25, -0.2) is 0 Å². The summed E-state index contributed by atoms with van der Waals surface area (Å²) in [6.07, 6.45) is 3.61. The van der Waals surface area contributed by atoms with Gasteiger partial charge in [-0.1, -0.05) is 55.5 Å². The van der Waals surface area contributed by atoms with Crippen molar-refractivity contribution >= 4 is 23.2 Å². The summed E-state index contributed by atoms with van der Waals surface area (Å²) in [4.78, 5) is 0. The van der Waals surface area contributed by atoms with Crippen LogP contribution in [0.25, 0.3) is 0 Å². The molecule has 1 aliphatic carbocycles. The number of rotatable bonds is 3. The fourth-order valence-corrected chi connectivity index (χ4v) is 3.84. The first-order valence-corrected chi connectivity index (χ1v) is 7.83. The summed E-state index contributed by atoms with van der Waals surface area (Å²) in [5, 5.41) is 21.3. The van der Waals surface area contributed by atoms with Crippen molar-refractivity contribution in [3.63, 3.8) is 0 Å². The molecule has 0 heterocycles. The lowest BCUT2D eigenvalue weighted by molar-refractivity contribution is 0.0186. The largest absolute Gasteiger partial charge is 0.387 e. The first-order valence-electron chi connectivity index (χ1n) is 7.07. The van der Waals surface area contributed by atoms with E-state index in [4.69, 9.17) is 23.2 Å². The van der Waals surface area contributed by atoms with Gasteiger partial charge in [0.05, 0.1) is 11.5 Å². The lowest BCUT2D eigenvalue weighted by atomic mass is 9.65. The minimum Gasteiger partial charge on any atom is -0.387 e. The number of benzene rings is 1. The van der Waals surface area contributed by atoms with E-state index in [1.807, 2.05) is 0 Å². The summed E-state index contributed by atoms with van der Waals surface area (Å²) in [7, 11) is 0. The molecule has 1 aromatic rings. The van der Waals surface area contributed by atoms with Crippen molar-refractivity contribution in [1.82, 2.24) is 0 Å². The van der Waals surface area contributed by atoms with Gasteiger partial charge in [-0.15, -0.1) is 0 Å². The Labute approximate surface area is 130 Å². The van der Waals surface area contributed by atoms with Crippen molar-refractivity contribution in [1.29, 1.82) is 5.26 Å². The maximum absolute atomic E-state index is 10.8. The Bertz CT molecular complexity index is 505. The molecule has 0 amide bonds. The quantitative estimate of drug-likeness (QED) is 0.840. The van der Waals surface area contributed by atoms with Crippen molar-refractivity contribution in [3.05, 3.63) is 33.8 Å². The standard InChI is InChI=1S/C16H19Cl2NO/c1-2-11-5-4-8-16(9-11,10-19)15(20)14-12(17)6-3-7-13(14)18/h3,6-7,11,15,20H,2,4-5,8-9H2,1H3. The van der Waals surface area contributed by atoms with Crippen LogP contribution in [0, 0.1) is 22.7 Å². The van der Waals surface area contributed by atoms with Gasteiger partial charge in [0, 0.05) is 15.6 Å². The maximum atomic E-state index is 10.8. The van der Waals surface area contributed by atoms with Crippen LogP contribution in [0.5, 0.6) is 0 Å². The van der Waals surface area contributed by atoms with E-state index in [1.165, 1.54) is 0 Å². The smallest absolute Gasteiger partial charge is 0.100 e. The van der Waals surface area contributed by atoms with E-state index in [2.05, 4.69) is 13.0 Å². The fraction of sp³-hybridized carbons (Fsp3) is 0.562. The zero-order chi connectivity index (χ0) is 14.8. The second kappa shape index (κ2) is 6.35. The molecular weight excluding hydrogens is 293 g/mol. The van der Waals surface area contributed by atoms with Gasteiger partial charge in [-0.05, 0) is 30.9 Å². The molecule has 3 unspecified atom stereocenters. The number of hydrogen-bond donors (Lipinski definition) is 1. The molecule has 1 saturated carbocycles. The van der Waals surface area contributed by atoms with E-state index >= 15 is 0 Å². The predicted molar refractivity (Wildman–Crippen MR) is 81.7 cm³/mol. The molecule has 2 nitrogen and oxygen atoms in total. The molecular formula is C16H19Cl2NO. The molecule has 3 atom stereocenters. The lowest BCUT2D eigenvalue weighted by Gasteiger charge is -2.39. The number of aliphatic hydroxyl groups excluding tert-OH is 1. The number of halogens is 2. The van der Waals surface area contributed by atoms with Crippen molar-refractivity contribution in [2.24, 2.45) is 11.3 Å². The van der Waals surface area contributed by atoms with Crippen LogP contribution in [-0.2, 0) is 0 Å². The van der Waals surface area contributed by atoms with Crippen LogP contribution in [0.15, 0.2) is 18.2 Å². The molecule has 1 aliphatic rings. The van der Waals surface area contributed by atoms with Gasteiger partial charge in [0.25, 0.3) is 0 Å². The molecule has 0 radical (unpaired) electrons. The van der Waals surface area contributed by atoms with Crippen LogP contribution in [0.1, 0.15) is 50.7 Å². The number of nitrogens with zero attached hydrogens (tertiary/aromatic N) is 1. The molecule has 0 aromatic heterocycles. The van der Waals surface area contributed by atoms with E-state index in [9.17, 15) is 10.4 Å². The van der Waals surface area contributed by atoms with E-state index in [0.29, 0.717) is 34.4 Å². The van der Waals surface area contributed by atoms with Crippen LogP contribution < -0.4 is 0 Å². The van der Waals surface area contributed by atoms with Crippen LogP contribution >= 0.6 is 23.2 Å². The monoisotopic (exact) mass is 311 g/mol. The summed E-state index contributed by atoms with van der Waals surface area (Å²) >= 11 is 12.4. The van der Waals surface area contributed by atoms with Gasteiger partial charge in [-0.3, -0.25) is 0 Å². The third-order valence-corrected chi connectivity index (χ3v) is 5.14.